The van der Waals surface area contributed by atoms with Gasteiger partial charge in [-0.15, -0.1) is 0 Å². The smallest absolute Gasteiger partial charge is 0.293 e. The van der Waals surface area contributed by atoms with Crippen LogP contribution in [0.2, 0.25) is 5.02 Å². The standard InChI is InChI=1S/C51H59ClN8O7S/c52-38-10-6-34(7-11-38)42-16-20-51(18-1-2-19-51)30-37(42)33-58-23-25-59(26-24-58)45-5-3-4-43(48(45)67-40-28-36-17-21-54-49(36)55-31-40)50(61)57-68(64,65)41-14-15-44(46(29-41)60(62)63)56-39-12-8-35(9-13-39)47-32-53-22-27-66-47/h3-7,10-11,14-15,17,21,28-29,31,35,39,47,53,56H,1-2,8-9,12-13,16,18-20,22-27,30,32-33H2,(H,54,55)(H,57,61). The van der Waals surface area contributed by atoms with Crippen LogP contribution in [0.15, 0.2) is 95.7 Å². The number of sulfonamides is 1. The van der Waals surface area contributed by atoms with Crippen LogP contribution in [0.4, 0.5) is 17.1 Å². The van der Waals surface area contributed by atoms with Crippen LogP contribution in [-0.2, 0) is 14.8 Å². The number of aromatic nitrogens is 2. The molecule has 15 nitrogen and oxygen atoms in total. The van der Waals surface area contributed by atoms with E-state index >= 15 is 0 Å². The lowest BCUT2D eigenvalue weighted by atomic mass is 9.69. The Kier molecular flexibility index (Phi) is 13.5. The zero-order valence-corrected chi connectivity index (χ0v) is 39.8. The highest BCUT2D eigenvalue weighted by Gasteiger charge is 2.39. The summed E-state index contributed by atoms with van der Waals surface area (Å²) in [5.74, 6) is 0.0264. The minimum absolute atomic E-state index is 0.0118. The third kappa shape index (κ3) is 10.1. The first-order valence-corrected chi connectivity index (χ1v) is 26.0. The molecule has 358 valence electrons. The lowest BCUT2D eigenvalue weighted by Gasteiger charge is -2.41. The average Bonchev–Trinajstić information content (AvgIpc) is 4.02. The number of ether oxygens (including phenoxy) is 2. The molecule has 4 fully saturated rings. The number of benzene rings is 3. The number of carbonyl (C=O) groups excluding carboxylic acids is 1. The van der Waals surface area contributed by atoms with Crippen LogP contribution in [-0.4, -0.2) is 98.7 Å². The first-order valence-electron chi connectivity index (χ1n) is 24.1. The van der Waals surface area contributed by atoms with E-state index in [0.29, 0.717) is 48.1 Å². The number of nitro benzene ring substituents is 1. The highest BCUT2D eigenvalue weighted by atomic mass is 35.5. The number of amides is 1. The van der Waals surface area contributed by atoms with Gasteiger partial charge in [-0.2, -0.15) is 0 Å². The van der Waals surface area contributed by atoms with Crippen molar-refractivity contribution in [1.82, 2.24) is 24.9 Å². The Labute approximate surface area is 402 Å². The largest absolute Gasteiger partial charge is 0.453 e. The summed E-state index contributed by atoms with van der Waals surface area (Å²) in [6, 6.07) is 20.7. The lowest BCUT2D eigenvalue weighted by molar-refractivity contribution is -0.384. The van der Waals surface area contributed by atoms with Crippen LogP contribution >= 0.6 is 11.6 Å². The molecule has 3 aromatic carbocycles. The molecule has 4 heterocycles. The maximum absolute atomic E-state index is 14.3. The lowest BCUT2D eigenvalue weighted by Crippen LogP contribution is -2.47. The van der Waals surface area contributed by atoms with Gasteiger partial charge in [0.1, 0.15) is 17.1 Å². The minimum atomic E-state index is -4.59. The van der Waals surface area contributed by atoms with Gasteiger partial charge in [0.15, 0.2) is 5.75 Å². The van der Waals surface area contributed by atoms with Crippen molar-refractivity contribution in [2.75, 3.05) is 62.6 Å². The molecule has 3 aliphatic carbocycles. The molecule has 2 saturated carbocycles. The van der Waals surface area contributed by atoms with Crippen LogP contribution < -0.4 is 25.0 Å². The molecule has 0 radical (unpaired) electrons. The number of nitrogens with one attached hydrogen (secondary N) is 4. The Hall–Kier alpha value is -5.52. The van der Waals surface area contributed by atoms with Gasteiger partial charge < -0.3 is 30.0 Å². The van der Waals surface area contributed by atoms with Crippen molar-refractivity contribution < 1.29 is 27.6 Å². The number of H-pyrrole nitrogens is 1. The van der Waals surface area contributed by atoms with E-state index in [4.69, 9.17) is 21.1 Å². The first kappa shape index (κ1) is 46.2. The molecule has 2 aromatic heterocycles. The van der Waals surface area contributed by atoms with Crippen molar-refractivity contribution in [3.05, 3.63) is 117 Å². The van der Waals surface area contributed by atoms with Crippen LogP contribution in [0.3, 0.4) is 0 Å². The minimum Gasteiger partial charge on any atom is -0.453 e. The SMILES string of the molecule is O=C(NS(=O)(=O)c1ccc(NC2CCC(C3CNCCO3)CC2)c([N+](=O)[O-])c1)c1cccc(N2CCN(CC3=C(c4ccc(Cl)cc4)CCC4(CCCC4)C3)CC2)c1Oc1cnc2[nH]ccc2c1. The van der Waals surface area contributed by atoms with Crippen molar-refractivity contribution in [2.24, 2.45) is 11.3 Å². The molecular formula is C51H59ClN8O7S. The molecule has 1 spiro atoms. The first-order chi connectivity index (χ1) is 33.0. The number of rotatable bonds is 13. The molecule has 0 bridgehead atoms. The fourth-order valence-electron chi connectivity index (χ4n) is 11.4. The van der Waals surface area contributed by atoms with Gasteiger partial charge in [0.05, 0.1) is 40.0 Å². The van der Waals surface area contributed by atoms with Gasteiger partial charge in [-0.25, -0.2) is 18.1 Å². The van der Waals surface area contributed by atoms with Gasteiger partial charge >= 0.3 is 0 Å². The quantitative estimate of drug-likeness (QED) is 0.0649. The van der Waals surface area contributed by atoms with Gasteiger partial charge in [0.2, 0.25) is 0 Å². The third-order valence-corrected chi connectivity index (χ3v) is 16.6. The Bertz CT molecular complexity index is 2790. The third-order valence-electron chi connectivity index (χ3n) is 15.1. The van der Waals surface area contributed by atoms with E-state index in [1.165, 1.54) is 67.0 Å². The van der Waals surface area contributed by atoms with Crippen LogP contribution in [0.1, 0.15) is 86.6 Å². The summed E-state index contributed by atoms with van der Waals surface area (Å²) in [7, 11) is -4.59. The van der Waals surface area contributed by atoms with E-state index in [1.54, 1.807) is 18.5 Å². The molecule has 5 aliphatic rings. The second-order valence-electron chi connectivity index (χ2n) is 19.3. The summed E-state index contributed by atoms with van der Waals surface area (Å²) in [6.07, 6.45) is 15.5. The molecule has 1 atom stereocenters. The second kappa shape index (κ2) is 19.8. The Balaban J connectivity index is 0.870. The van der Waals surface area contributed by atoms with E-state index in [-0.39, 0.29) is 34.8 Å². The average molecular weight is 964 g/mol. The monoisotopic (exact) mass is 962 g/mol. The number of morpholine rings is 1. The predicted molar refractivity (Wildman–Crippen MR) is 264 cm³/mol. The normalized spacial score (nSPS) is 22.4. The summed E-state index contributed by atoms with van der Waals surface area (Å²) < 4.78 is 42.7. The molecule has 2 saturated heterocycles. The summed E-state index contributed by atoms with van der Waals surface area (Å²) in [6.45, 7) is 6.07. The van der Waals surface area contributed by atoms with Crippen LogP contribution in [0, 0.1) is 21.4 Å². The Morgan fingerprint density at radius 3 is 2.53 bits per heavy atom. The summed E-state index contributed by atoms with van der Waals surface area (Å²) in [5.41, 5.74) is 5.73. The number of hydrogen-bond acceptors (Lipinski definition) is 12. The van der Waals surface area contributed by atoms with Crippen molar-refractivity contribution in [3.63, 3.8) is 0 Å². The van der Waals surface area contributed by atoms with Gasteiger partial charge in [0, 0.05) is 74.5 Å². The molecule has 10 rings (SSSR count). The number of hydrogen-bond donors (Lipinski definition) is 4. The van der Waals surface area contributed by atoms with E-state index in [9.17, 15) is 23.3 Å². The Morgan fingerprint density at radius 1 is 0.985 bits per heavy atom. The molecule has 5 aromatic rings. The molecule has 68 heavy (non-hydrogen) atoms. The highest BCUT2D eigenvalue weighted by molar-refractivity contribution is 7.90. The topological polar surface area (TPSA) is 184 Å². The number of nitro groups is 1. The maximum Gasteiger partial charge on any atom is 0.293 e. The zero-order chi connectivity index (χ0) is 46.8. The summed E-state index contributed by atoms with van der Waals surface area (Å²) in [5, 5.41) is 20.6. The second-order valence-corrected chi connectivity index (χ2v) is 21.4. The molecule has 1 amide bonds. The zero-order valence-electron chi connectivity index (χ0n) is 38.2. The van der Waals surface area contributed by atoms with Crippen molar-refractivity contribution in [2.45, 2.75) is 87.7 Å². The predicted octanol–water partition coefficient (Wildman–Crippen LogP) is 9.31. The molecule has 2 aliphatic heterocycles. The van der Waals surface area contributed by atoms with E-state index in [0.717, 1.165) is 87.7 Å². The number of carbonyl (C=O) groups is 1. The number of pyridine rings is 1. The summed E-state index contributed by atoms with van der Waals surface area (Å²) in [4.78, 5) is 37.9. The number of piperazine rings is 1. The van der Waals surface area contributed by atoms with Gasteiger partial charge in [-0.3, -0.25) is 19.8 Å². The number of aromatic amines is 1. The van der Waals surface area contributed by atoms with Gasteiger partial charge in [-0.05, 0) is 129 Å². The van der Waals surface area contributed by atoms with Gasteiger partial charge in [-0.1, -0.05) is 48.2 Å². The number of para-hydroxylation sites is 1. The molecular weight excluding hydrogens is 904 g/mol. The number of allylic oxidation sites excluding steroid dienone is 1. The summed E-state index contributed by atoms with van der Waals surface area (Å²) >= 11 is 6.31. The van der Waals surface area contributed by atoms with Crippen LogP contribution in [0.25, 0.3) is 16.6 Å². The fraction of sp³-hybridized carbons (Fsp3) is 0.451. The maximum atomic E-state index is 14.3. The van der Waals surface area contributed by atoms with Gasteiger partial charge in [0.25, 0.3) is 21.6 Å². The number of anilines is 2. The molecule has 1 unspecified atom stereocenters. The number of nitrogens with zero attached hydrogens (tertiary/aromatic N) is 4. The molecule has 4 N–H and O–H groups in total. The highest BCUT2D eigenvalue weighted by Crippen LogP contribution is 2.52. The number of fused-ring (bicyclic) bond motifs is 1. The van der Waals surface area contributed by atoms with Crippen molar-refractivity contribution >= 4 is 61.2 Å². The van der Waals surface area contributed by atoms with Crippen LogP contribution in [0.5, 0.6) is 11.5 Å². The van der Waals surface area contributed by atoms with E-state index in [2.05, 4.69) is 47.3 Å². The fourth-order valence-corrected chi connectivity index (χ4v) is 12.5. The number of halogens is 1. The van der Waals surface area contributed by atoms with E-state index < -0.39 is 25.7 Å². The van der Waals surface area contributed by atoms with Crippen molar-refractivity contribution in [3.8, 4) is 11.5 Å². The van der Waals surface area contributed by atoms with Crippen molar-refractivity contribution in [1.29, 1.82) is 0 Å². The van der Waals surface area contributed by atoms with E-state index in [1.807, 2.05) is 30.3 Å². The Morgan fingerprint density at radius 2 is 1.78 bits per heavy atom. The molecule has 17 heteroatoms.